The Morgan fingerprint density at radius 2 is 0.737 bits per heavy atom. The van der Waals surface area contributed by atoms with Gasteiger partial charge in [0.15, 0.2) is 0 Å². The molecule has 1 saturated heterocycles. The van der Waals surface area contributed by atoms with Gasteiger partial charge in [0.1, 0.15) is 0 Å². The SMILES string of the molecule is N[C@H]1COCCOCCOCCOCCOC[C@@H]1N. The van der Waals surface area contributed by atoms with Crippen LogP contribution in [0.15, 0.2) is 0 Å². The number of ether oxygens (including phenoxy) is 5. The van der Waals surface area contributed by atoms with Crippen LogP contribution in [0.5, 0.6) is 0 Å². The summed E-state index contributed by atoms with van der Waals surface area (Å²) in [4.78, 5) is 0. The van der Waals surface area contributed by atoms with Gasteiger partial charge in [-0.3, -0.25) is 0 Å². The van der Waals surface area contributed by atoms with Crippen molar-refractivity contribution < 1.29 is 23.7 Å². The summed E-state index contributed by atoms with van der Waals surface area (Å²) >= 11 is 0. The van der Waals surface area contributed by atoms with E-state index in [2.05, 4.69) is 0 Å². The highest BCUT2D eigenvalue weighted by atomic mass is 16.6. The Hall–Kier alpha value is -0.280. The topological polar surface area (TPSA) is 98.2 Å². The standard InChI is InChI=1S/C12H26N2O5/c13-11-9-18-7-5-16-3-1-15-2-4-17-6-8-19-10-12(11)14/h11-12H,1-10,13-14H2/t11-,12-/m0/s1. The summed E-state index contributed by atoms with van der Waals surface area (Å²) in [6.45, 7) is 5.09. The normalized spacial score (nSPS) is 30.6. The van der Waals surface area contributed by atoms with Crippen LogP contribution in [0.2, 0.25) is 0 Å². The molecule has 1 heterocycles. The van der Waals surface area contributed by atoms with Crippen molar-refractivity contribution in [2.45, 2.75) is 12.1 Å². The summed E-state index contributed by atoms with van der Waals surface area (Å²) in [7, 11) is 0. The lowest BCUT2D eigenvalue weighted by atomic mass is 10.2. The smallest absolute Gasteiger partial charge is 0.0701 e. The monoisotopic (exact) mass is 278 g/mol. The van der Waals surface area contributed by atoms with Gasteiger partial charge in [-0.15, -0.1) is 0 Å². The van der Waals surface area contributed by atoms with Crippen molar-refractivity contribution >= 4 is 0 Å². The van der Waals surface area contributed by atoms with Crippen LogP contribution in [0.4, 0.5) is 0 Å². The Labute approximate surface area is 114 Å². The summed E-state index contributed by atoms with van der Waals surface area (Å²) in [5.41, 5.74) is 11.8. The van der Waals surface area contributed by atoms with Crippen molar-refractivity contribution in [3.63, 3.8) is 0 Å². The minimum absolute atomic E-state index is 0.236. The van der Waals surface area contributed by atoms with Gasteiger partial charge in [-0.05, 0) is 0 Å². The van der Waals surface area contributed by atoms with Crippen molar-refractivity contribution in [3.8, 4) is 0 Å². The second-order valence-electron chi connectivity index (χ2n) is 4.31. The lowest BCUT2D eigenvalue weighted by Gasteiger charge is -2.19. The van der Waals surface area contributed by atoms with E-state index < -0.39 is 0 Å². The van der Waals surface area contributed by atoms with E-state index >= 15 is 0 Å². The molecule has 7 heteroatoms. The molecule has 4 N–H and O–H groups in total. The molecule has 0 bridgehead atoms. The molecule has 0 spiro atoms. The van der Waals surface area contributed by atoms with Crippen molar-refractivity contribution in [1.29, 1.82) is 0 Å². The van der Waals surface area contributed by atoms with Crippen LogP contribution < -0.4 is 11.5 Å². The first kappa shape index (κ1) is 16.8. The number of rotatable bonds is 0. The fraction of sp³-hybridized carbons (Fsp3) is 1.00. The van der Waals surface area contributed by atoms with Crippen molar-refractivity contribution in [3.05, 3.63) is 0 Å². The fourth-order valence-corrected chi connectivity index (χ4v) is 1.46. The minimum atomic E-state index is -0.236. The summed E-state index contributed by atoms with van der Waals surface area (Å²) in [6, 6.07) is -0.472. The van der Waals surface area contributed by atoms with E-state index in [9.17, 15) is 0 Å². The minimum Gasteiger partial charge on any atom is -0.377 e. The van der Waals surface area contributed by atoms with Crippen LogP contribution in [-0.2, 0) is 23.7 Å². The van der Waals surface area contributed by atoms with Crippen LogP contribution in [0.3, 0.4) is 0 Å². The molecule has 114 valence electrons. The Bertz CT molecular complexity index is 189. The molecular weight excluding hydrogens is 252 g/mol. The van der Waals surface area contributed by atoms with E-state index in [-0.39, 0.29) is 12.1 Å². The highest BCUT2D eigenvalue weighted by Gasteiger charge is 2.13. The van der Waals surface area contributed by atoms with Gasteiger partial charge in [-0.2, -0.15) is 0 Å². The molecule has 7 nitrogen and oxygen atoms in total. The van der Waals surface area contributed by atoms with Crippen molar-refractivity contribution in [2.75, 3.05) is 66.1 Å². The highest BCUT2D eigenvalue weighted by Crippen LogP contribution is 1.92. The van der Waals surface area contributed by atoms with Gasteiger partial charge in [0.05, 0.1) is 66.1 Å². The third-order valence-electron chi connectivity index (χ3n) is 2.66. The molecule has 1 rings (SSSR count). The average Bonchev–Trinajstić information content (AvgIpc) is 2.41. The lowest BCUT2D eigenvalue weighted by Crippen LogP contribution is -2.47. The second-order valence-corrected chi connectivity index (χ2v) is 4.31. The molecule has 19 heavy (non-hydrogen) atoms. The molecule has 1 fully saturated rings. The van der Waals surface area contributed by atoms with Crippen LogP contribution in [0.25, 0.3) is 0 Å². The first-order chi connectivity index (χ1) is 9.30. The molecular formula is C12H26N2O5. The van der Waals surface area contributed by atoms with E-state index in [4.69, 9.17) is 35.2 Å². The Balaban J connectivity index is 2.19. The van der Waals surface area contributed by atoms with Crippen LogP contribution in [-0.4, -0.2) is 78.2 Å². The second kappa shape index (κ2) is 11.5. The summed E-state index contributed by atoms with van der Waals surface area (Å²) in [5.74, 6) is 0. The zero-order valence-corrected chi connectivity index (χ0v) is 11.4. The molecule has 0 radical (unpaired) electrons. The van der Waals surface area contributed by atoms with Gasteiger partial charge < -0.3 is 35.2 Å². The Morgan fingerprint density at radius 3 is 1.05 bits per heavy atom. The Morgan fingerprint density at radius 1 is 0.474 bits per heavy atom. The number of hydrogen-bond acceptors (Lipinski definition) is 7. The quantitative estimate of drug-likeness (QED) is 0.570. The maximum atomic E-state index is 5.89. The van der Waals surface area contributed by atoms with E-state index in [0.29, 0.717) is 66.1 Å². The summed E-state index contributed by atoms with van der Waals surface area (Å²) in [6.07, 6.45) is 0. The molecule has 0 aliphatic carbocycles. The van der Waals surface area contributed by atoms with Gasteiger partial charge in [-0.25, -0.2) is 0 Å². The summed E-state index contributed by atoms with van der Waals surface area (Å²) in [5, 5.41) is 0. The van der Waals surface area contributed by atoms with Crippen molar-refractivity contribution in [2.24, 2.45) is 11.5 Å². The molecule has 0 unspecified atom stereocenters. The molecule has 0 saturated carbocycles. The molecule has 1 aliphatic heterocycles. The van der Waals surface area contributed by atoms with Gasteiger partial charge in [-0.1, -0.05) is 0 Å². The number of nitrogens with two attached hydrogens (primary N) is 2. The Kier molecular flexibility index (Phi) is 10.2. The predicted molar refractivity (Wildman–Crippen MR) is 70.0 cm³/mol. The fourth-order valence-electron chi connectivity index (χ4n) is 1.46. The molecule has 2 atom stereocenters. The zero-order valence-electron chi connectivity index (χ0n) is 11.4. The van der Waals surface area contributed by atoms with E-state index in [1.54, 1.807) is 0 Å². The summed E-state index contributed by atoms with van der Waals surface area (Å²) < 4.78 is 26.8. The lowest BCUT2D eigenvalue weighted by molar-refractivity contribution is -0.00767. The maximum Gasteiger partial charge on any atom is 0.0701 e. The van der Waals surface area contributed by atoms with Gasteiger partial charge in [0, 0.05) is 12.1 Å². The highest BCUT2D eigenvalue weighted by molar-refractivity contribution is 4.75. The third kappa shape index (κ3) is 9.28. The predicted octanol–water partition coefficient (Wildman–Crippen LogP) is -1.26. The van der Waals surface area contributed by atoms with Gasteiger partial charge in [0.25, 0.3) is 0 Å². The number of hydrogen-bond donors (Lipinski definition) is 2. The van der Waals surface area contributed by atoms with E-state index in [1.165, 1.54) is 0 Å². The van der Waals surface area contributed by atoms with Crippen molar-refractivity contribution in [1.82, 2.24) is 0 Å². The van der Waals surface area contributed by atoms with Gasteiger partial charge in [0.2, 0.25) is 0 Å². The first-order valence-corrected chi connectivity index (χ1v) is 6.70. The third-order valence-corrected chi connectivity index (χ3v) is 2.66. The molecule has 0 aromatic carbocycles. The molecule has 0 amide bonds. The van der Waals surface area contributed by atoms with Crippen LogP contribution in [0.1, 0.15) is 0 Å². The van der Waals surface area contributed by atoms with Crippen LogP contribution in [0, 0.1) is 0 Å². The zero-order chi connectivity index (χ0) is 13.8. The van der Waals surface area contributed by atoms with Gasteiger partial charge >= 0.3 is 0 Å². The largest absolute Gasteiger partial charge is 0.377 e. The molecule has 0 aromatic rings. The van der Waals surface area contributed by atoms with Crippen LogP contribution >= 0.6 is 0 Å². The molecule has 0 aromatic heterocycles. The van der Waals surface area contributed by atoms with E-state index in [1.807, 2.05) is 0 Å². The maximum absolute atomic E-state index is 5.89. The molecule has 1 aliphatic rings. The van der Waals surface area contributed by atoms with E-state index in [0.717, 1.165) is 0 Å². The average molecular weight is 278 g/mol. The first-order valence-electron chi connectivity index (χ1n) is 6.70.